The summed E-state index contributed by atoms with van der Waals surface area (Å²) in [5, 5.41) is 6.39. The van der Waals surface area contributed by atoms with E-state index in [1.54, 1.807) is 13.1 Å². The van der Waals surface area contributed by atoms with Crippen LogP contribution in [-0.2, 0) is 6.54 Å². The predicted octanol–water partition coefficient (Wildman–Crippen LogP) is 5.17. The monoisotopic (exact) mass is 464 g/mol. The third-order valence-electron chi connectivity index (χ3n) is 6.15. The summed E-state index contributed by atoms with van der Waals surface area (Å²) in [6, 6.07) is 15.3. The third-order valence-corrected chi connectivity index (χ3v) is 6.15. The summed E-state index contributed by atoms with van der Waals surface area (Å²) >= 11 is 0. The number of carbonyl (C=O) groups excluding carboxylic acids is 1. The molecule has 0 atom stereocenters. The zero-order valence-electron chi connectivity index (χ0n) is 20.2. The highest BCUT2D eigenvalue weighted by molar-refractivity contribution is 6.33. The van der Waals surface area contributed by atoms with Crippen LogP contribution < -0.4 is 16.1 Å². The van der Waals surface area contributed by atoms with Gasteiger partial charge >= 0.3 is 0 Å². The maximum absolute atomic E-state index is 13.5. The van der Waals surface area contributed by atoms with E-state index in [2.05, 4.69) is 33.6 Å². The lowest BCUT2D eigenvalue weighted by Gasteiger charge is -2.17. The molecule has 2 N–H and O–H groups in total. The molecule has 174 valence electrons. The topological polar surface area (TPSA) is 66.9 Å². The summed E-state index contributed by atoms with van der Waals surface area (Å²) in [7, 11) is 5.88. The van der Waals surface area contributed by atoms with Crippen molar-refractivity contribution in [3.63, 3.8) is 0 Å². The first-order valence-corrected chi connectivity index (χ1v) is 11.3. The van der Waals surface area contributed by atoms with Crippen molar-refractivity contribution in [3.8, 4) is 11.1 Å². The van der Waals surface area contributed by atoms with Crippen molar-refractivity contribution in [3.05, 3.63) is 100 Å². The number of amides is 1. The van der Waals surface area contributed by atoms with E-state index in [0.717, 1.165) is 45.4 Å². The second kappa shape index (κ2) is 10.1. The fourth-order valence-electron chi connectivity index (χ4n) is 3.94. The van der Waals surface area contributed by atoms with Gasteiger partial charge in [0.2, 0.25) is 0 Å². The molecule has 2 aromatic heterocycles. The first-order chi connectivity index (χ1) is 16.7. The van der Waals surface area contributed by atoms with E-state index in [0.29, 0.717) is 23.3 Å². The maximum atomic E-state index is 13.5. The van der Waals surface area contributed by atoms with Gasteiger partial charge in [-0.25, -0.2) is 9.37 Å². The average molecular weight is 464 g/mol. The van der Waals surface area contributed by atoms with Gasteiger partial charge in [0, 0.05) is 17.6 Å². The minimum absolute atomic E-state index is 0.169. The Morgan fingerprint density at radius 2 is 1.54 bits per heavy atom. The largest absolute Gasteiger partial charge is 0.379 e. The lowest BCUT2D eigenvalue weighted by Crippen LogP contribution is -2.15. The van der Waals surface area contributed by atoms with Crippen LogP contribution in [0.1, 0.15) is 38.4 Å². The Balaban J connectivity index is 1.58. The molecule has 2 aromatic carbocycles. The predicted molar refractivity (Wildman–Crippen MR) is 140 cm³/mol. The number of anilines is 2. The number of carbonyl (C=O) groups is 1. The van der Waals surface area contributed by atoms with Gasteiger partial charge in [0.15, 0.2) is 0 Å². The molecule has 2 heterocycles. The van der Waals surface area contributed by atoms with E-state index < -0.39 is 5.82 Å². The maximum Gasteiger partial charge on any atom is 0.274 e. The minimum atomic E-state index is -0.439. The molecule has 4 rings (SSSR count). The van der Waals surface area contributed by atoms with Crippen LogP contribution >= 0.6 is 0 Å². The van der Waals surface area contributed by atoms with E-state index >= 15 is 0 Å². The lowest BCUT2D eigenvalue weighted by atomic mass is 9.93. The SMILES string of the molecule is [B]c1cnc(CNc2cccc(-c3cccc(NC(=O)c4cc(C)c(F)cn4)c3C)c2C)cc1C. The summed E-state index contributed by atoms with van der Waals surface area (Å²) in [6.45, 7) is 8.18. The number of halogens is 1. The molecule has 0 aliphatic rings. The van der Waals surface area contributed by atoms with E-state index in [4.69, 9.17) is 7.85 Å². The Kier molecular flexibility index (Phi) is 6.96. The molecule has 35 heavy (non-hydrogen) atoms. The molecule has 4 aromatic rings. The van der Waals surface area contributed by atoms with Crippen molar-refractivity contribution in [2.24, 2.45) is 0 Å². The summed E-state index contributed by atoms with van der Waals surface area (Å²) in [4.78, 5) is 21.1. The van der Waals surface area contributed by atoms with Crippen LogP contribution in [0.4, 0.5) is 15.8 Å². The first-order valence-electron chi connectivity index (χ1n) is 11.3. The van der Waals surface area contributed by atoms with E-state index in [1.165, 1.54) is 6.07 Å². The van der Waals surface area contributed by atoms with Gasteiger partial charge in [-0.3, -0.25) is 9.78 Å². The highest BCUT2D eigenvalue weighted by Gasteiger charge is 2.15. The van der Waals surface area contributed by atoms with Crippen LogP contribution in [0.5, 0.6) is 0 Å². The number of nitrogens with zero attached hydrogens (tertiary/aromatic N) is 2. The normalized spacial score (nSPS) is 10.8. The summed E-state index contributed by atoms with van der Waals surface area (Å²) < 4.78 is 13.5. The van der Waals surface area contributed by atoms with E-state index in [-0.39, 0.29) is 11.6 Å². The number of hydrogen-bond acceptors (Lipinski definition) is 4. The van der Waals surface area contributed by atoms with Gasteiger partial charge in [0.1, 0.15) is 19.4 Å². The molecule has 0 saturated heterocycles. The summed E-state index contributed by atoms with van der Waals surface area (Å²) in [5.41, 5.74) is 8.89. The van der Waals surface area contributed by atoms with Gasteiger partial charge in [-0.15, -0.1) is 0 Å². The number of nitrogens with one attached hydrogen (secondary N) is 2. The van der Waals surface area contributed by atoms with Crippen LogP contribution in [-0.4, -0.2) is 23.7 Å². The second-order valence-corrected chi connectivity index (χ2v) is 8.61. The molecule has 0 unspecified atom stereocenters. The molecule has 2 radical (unpaired) electrons. The fourth-order valence-corrected chi connectivity index (χ4v) is 3.94. The highest BCUT2D eigenvalue weighted by atomic mass is 19.1. The van der Waals surface area contributed by atoms with Gasteiger partial charge in [0.05, 0.1) is 18.4 Å². The number of pyridine rings is 2. The van der Waals surface area contributed by atoms with Gasteiger partial charge < -0.3 is 10.6 Å². The molecular weight excluding hydrogens is 438 g/mol. The van der Waals surface area contributed by atoms with Crippen LogP contribution in [0, 0.1) is 33.5 Å². The number of benzene rings is 2. The van der Waals surface area contributed by atoms with E-state index in [9.17, 15) is 9.18 Å². The molecule has 0 bridgehead atoms. The zero-order valence-corrected chi connectivity index (χ0v) is 20.2. The minimum Gasteiger partial charge on any atom is -0.379 e. The molecule has 0 spiro atoms. The lowest BCUT2D eigenvalue weighted by molar-refractivity contribution is 0.102. The molecule has 0 aliphatic heterocycles. The molecule has 0 fully saturated rings. The summed E-state index contributed by atoms with van der Waals surface area (Å²) in [6.07, 6.45) is 2.75. The van der Waals surface area contributed by atoms with Crippen molar-refractivity contribution >= 4 is 30.6 Å². The summed E-state index contributed by atoms with van der Waals surface area (Å²) in [5.74, 6) is -0.821. The smallest absolute Gasteiger partial charge is 0.274 e. The fraction of sp³-hybridized carbons (Fsp3) is 0.179. The highest BCUT2D eigenvalue weighted by Crippen LogP contribution is 2.34. The number of hydrogen-bond donors (Lipinski definition) is 2. The average Bonchev–Trinajstić information content (AvgIpc) is 2.84. The van der Waals surface area contributed by atoms with Crippen LogP contribution in [0.25, 0.3) is 11.1 Å². The molecule has 1 amide bonds. The second-order valence-electron chi connectivity index (χ2n) is 8.61. The van der Waals surface area contributed by atoms with Crippen molar-refractivity contribution in [1.29, 1.82) is 0 Å². The van der Waals surface area contributed by atoms with Crippen LogP contribution in [0.3, 0.4) is 0 Å². The number of aromatic nitrogens is 2. The number of rotatable bonds is 6. The van der Waals surface area contributed by atoms with Crippen LogP contribution in [0.15, 0.2) is 60.9 Å². The van der Waals surface area contributed by atoms with Crippen molar-refractivity contribution < 1.29 is 9.18 Å². The zero-order chi connectivity index (χ0) is 25.1. The Labute approximate surface area is 206 Å². The standard InChI is InChI=1S/C28H26BFN4O/c1-16-11-20(31-14-23(16)29)13-32-25-9-5-7-21(18(25)3)22-8-6-10-26(19(22)4)34-28(35)27-12-17(2)24(30)15-33-27/h5-12,14-15,32H,13H2,1-4H3,(H,34,35). The van der Waals surface area contributed by atoms with Gasteiger partial charge in [-0.2, -0.15) is 0 Å². The third kappa shape index (κ3) is 5.24. The first kappa shape index (κ1) is 24.1. The van der Waals surface area contributed by atoms with Crippen molar-refractivity contribution in [2.75, 3.05) is 10.6 Å². The molecule has 0 saturated carbocycles. The van der Waals surface area contributed by atoms with E-state index in [1.807, 2.05) is 50.2 Å². The Hall–Kier alpha value is -4.00. The Morgan fingerprint density at radius 1 is 0.886 bits per heavy atom. The Bertz CT molecular complexity index is 1420. The van der Waals surface area contributed by atoms with Gasteiger partial charge in [-0.05, 0) is 79.8 Å². The van der Waals surface area contributed by atoms with Gasteiger partial charge in [0.25, 0.3) is 5.91 Å². The van der Waals surface area contributed by atoms with Gasteiger partial charge in [-0.1, -0.05) is 35.3 Å². The Morgan fingerprint density at radius 3 is 2.20 bits per heavy atom. The molecule has 5 nitrogen and oxygen atoms in total. The quantitative estimate of drug-likeness (QED) is 0.386. The molecule has 7 heteroatoms. The number of aryl methyl sites for hydroxylation is 2. The van der Waals surface area contributed by atoms with Crippen LogP contribution in [0.2, 0.25) is 0 Å². The van der Waals surface area contributed by atoms with Crippen molar-refractivity contribution in [2.45, 2.75) is 34.2 Å². The molecular formula is C28H26BFN4O. The molecule has 0 aliphatic carbocycles. The van der Waals surface area contributed by atoms with Crippen molar-refractivity contribution in [1.82, 2.24) is 9.97 Å².